The van der Waals surface area contributed by atoms with E-state index in [2.05, 4.69) is 21.9 Å². The van der Waals surface area contributed by atoms with Crippen molar-refractivity contribution in [1.82, 2.24) is 19.8 Å². The maximum Gasteiger partial charge on any atom is 0.289 e. The van der Waals surface area contributed by atoms with E-state index in [-0.39, 0.29) is 5.91 Å². The third-order valence-electron chi connectivity index (χ3n) is 3.95. The van der Waals surface area contributed by atoms with E-state index >= 15 is 0 Å². The Hall–Kier alpha value is -1.36. The molecule has 0 bridgehead atoms. The first-order valence-corrected chi connectivity index (χ1v) is 6.79. The van der Waals surface area contributed by atoms with Crippen LogP contribution in [-0.4, -0.2) is 58.9 Å². The summed E-state index contributed by atoms with van der Waals surface area (Å²) in [6.07, 6.45) is 4.46. The van der Waals surface area contributed by atoms with Crippen molar-refractivity contribution in [2.24, 2.45) is 0 Å². The predicted octanol–water partition coefficient (Wildman–Crippen LogP) is 0.676. The second kappa shape index (κ2) is 4.72. The lowest BCUT2D eigenvalue weighted by Crippen LogP contribution is -2.47. The molecule has 0 saturated carbocycles. The van der Waals surface area contributed by atoms with E-state index < -0.39 is 0 Å². The van der Waals surface area contributed by atoms with Gasteiger partial charge in [-0.15, -0.1) is 0 Å². The van der Waals surface area contributed by atoms with Gasteiger partial charge >= 0.3 is 0 Å². The second-order valence-electron chi connectivity index (χ2n) is 5.31. The van der Waals surface area contributed by atoms with E-state index in [4.69, 9.17) is 0 Å². The summed E-state index contributed by atoms with van der Waals surface area (Å²) in [5, 5.41) is 0. The van der Waals surface area contributed by atoms with Gasteiger partial charge < -0.3 is 14.8 Å². The normalized spacial score (nSPS) is 20.8. The molecule has 2 heterocycles. The van der Waals surface area contributed by atoms with Gasteiger partial charge in [-0.2, -0.15) is 0 Å². The van der Waals surface area contributed by atoms with Gasteiger partial charge in [0.05, 0.1) is 5.69 Å². The number of rotatable bonds is 1. The lowest BCUT2D eigenvalue weighted by atomic mass is 10.0. The monoisotopic (exact) mass is 248 g/mol. The van der Waals surface area contributed by atoms with Crippen LogP contribution in [0.4, 0.5) is 0 Å². The molecule has 0 spiro atoms. The number of likely N-dealkylation sites (N-methyl/N-ethyl adjacent to an activating group) is 1. The average molecular weight is 248 g/mol. The van der Waals surface area contributed by atoms with Crippen LogP contribution in [-0.2, 0) is 12.8 Å². The molecule has 1 amide bonds. The molecule has 1 N–H and O–H groups in total. The van der Waals surface area contributed by atoms with Crippen molar-refractivity contribution in [3.63, 3.8) is 0 Å². The number of amides is 1. The van der Waals surface area contributed by atoms with Crippen molar-refractivity contribution in [1.29, 1.82) is 0 Å². The third kappa shape index (κ3) is 2.14. The molecule has 2 aliphatic rings. The standard InChI is InChI=1S/C13H20N4O/c1-16-6-8-17(9-7-16)13(18)12-14-10-4-2-3-5-11(10)15-12/h2-9H2,1H3,(H,14,15). The highest BCUT2D eigenvalue weighted by Gasteiger charge is 2.24. The summed E-state index contributed by atoms with van der Waals surface area (Å²) in [6.45, 7) is 3.51. The Labute approximate surface area is 107 Å². The highest BCUT2D eigenvalue weighted by Crippen LogP contribution is 2.19. The quantitative estimate of drug-likeness (QED) is 0.795. The van der Waals surface area contributed by atoms with Gasteiger partial charge in [-0.25, -0.2) is 4.98 Å². The van der Waals surface area contributed by atoms with Gasteiger partial charge in [0.2, 0.25) is 0 Å². The van der Waals surface area contributed by atoms with Crippen LogP contribution < -0.4 is 0 Å². The summed E-state index contributed by atoms with van der Waals surface area (Å²) in [5.41, 5.74) is 2.29. The van der Waals surface area contributed by atoms with Crippen molar-refractivity contribution in [3.05, 3.63) is 17.2 Å². The summed E-state index contributed by atoms with van der Waals surface area (Å²) < 4.78 is 0. The zero-order chi connectivity index (χ0) is 12.5. The average Bonchev–Trinajstić information content (AvgIpc) is 2.82. The molecule has 3 rings (SSSR count). The Morgan fingerprint density at radius 2 is 1.89 bits per heavy atom. The summed E-state index contributed by atoms with van der Waals surface area (Å²) in [4.78, 5) is 24.2. The molecule has 98 valence electrons. The van der Waals surface area contributed by atoms with E-state index in [1.54, 1.807) is 0 Å². The van der Waals surface area contributed by atoms with E-state index in [9.17, 15) is 4.79 Å². The van der Waals surface area contributed by atoms with Crippen LogP contribution in [0.2, 0.25) is 0 Å². The summed E-state index contributed by atoms with van der Waals surface area (Å²) in [5.74, 6) is 0.615. The van der Waals surface area contributed by atoms with E-state index in [0.717, 1.165) is 44.7 Å². The topological polar surface area (TPSA) is 52.2 Å². The number of nitrogens with zero attached hydrogens (tertiary/aromatic N) is 3. The molecular formula is C13H20N4O. The Morgan fingerprint density at radius 1 is 1.17 bits per heavy atom. The largest absolute Gasteiger partial charge is 0.337 e. The van der Waals surface area contributed by atoms with Gasteiger partial charge in [-0.3, -0.25) is 4.79 Å². The van der Waals surface area contributed by atoms with Gasteiger partial charge in [-0.1, -0.05) is 0 Å². The van der Waals surface area contributed by atoms with Crippen molar-refractivity contribution in [3.8, 4) is 0 Å². The first kappa shape index (κ1) is 11.7. The van der Waals surface area contributed by atoms with Crippen molar-refractivity contribution < 1.29 is 4.79 Å². The number of H-pyrrole nitrogens is 1. The Bertz CT molecular complexity index is 422. The van der Waals surface area contributed by atoms with Crippen LogP contribution in [0.1, 0.15) is 34.8 Å². The molecule has 1 aromatic rings. The lowest BCUT2D eigenvalue weighted by molar-refractivity contribution is 0.0652. The smallest absolute Gasteiger partial charge is 0.289 e. The van der Waals surface area contributed by atoms with Gasteiger partial charge in [0.25, 0.3) is 5.91 Å². The number of carbonyl (C=O) groups is 1. The molecule has 1 saturated heterocycles. The zero-order valence-electron chi connectivity index (χ0n) is 10.9. The van der Waals surface area contributed by atoms with Crippen molar-refractivity contribution in [2.45, 2.75) is 25.7 Å². The fraction of sp³-hybridized carbons (Fsp3) is 0.692. The number of imidazole rings is 1. The molecule has 1 aliphatic carbocycles. The van der Waals surface area contributed by atoms with Crippen LogP contribution in [0, 0.1) is 0 Å². The molecule has 0 unspecified atom stereocenters. The number of hydrogen-bond acceptors (Lipinski definition) is 3. The van der Waals surface area contributed by atoms with Crippen LogP contribution in [0.5, 0.6) is 0 Å². The molecule has 0 atom stereocenters. The van der Waals surface area contributed by atoms with Crippen LogP contribution >= 0.6 is 0 Å². The molecule has 5 nitrogen and oxygen atoms in total. The number of aryl methyl sites for hydroxylation is 2. The van der Waals surface area contributed by atoms with Crippen LogP contribution in [0.25, 0.3) is 0 Å². The van der Waals surface area contributed by atoms with Crippen molar-refractivity contribution in [2.75, 3.05) is 33.2 Å². The van der Waals surface area contributed by atoms with Crippen LogP contribution in [0.3, 0.4) is 0 Å². The zero-order valence-corrected chi connectivity index (χ0v) is 10.9. The summed E-state index contributed by atoms with van der Waals surface area (Å²) >= 11 is 0. The molecule has 5 heteroatoms. The minimum absolute atomic E-state index is 0.0671. The molecular weight excluding hydrogens is 228 g/mol. The second-order valence-corrected chi connectivity index (χ2v) is 5.31. The molecule has 1 aromatic heterocycles. The Balaban J connectivity index is 1.74. The van der Waals surface area contributed by atoms with E-state index in [1.807, 2.05) is 4.90 Å². The maximum absolute atomic E-state index is 12.3. The first-order valence-electron chi connectivity index (χ1n) is 6.79. The fourth-order valence-electron chi connectivity index (χ4n) is 2.71. The minimum atomic E-state index is 0.0671. The first-order chi connectivity index (χ1) is 8.74. The number of piperazine rings is 1. The van der Waals surface area contributed by atoms with Crippen LogP contribution in [0.15, 0.2) is 0 Å². The SMILES string of the molecule is CN1CCN(C(=O)c2nc3c([nH]2)CCCC3)CC1. The Morgan fingerprint density at radius 3 is 2.61 bits per heavy atom. The summed E-state index contributed by atoms with van der Waals surface area (Å²) in [6, 6.07) is 0. The van der Waals surface area contributed by atoms with Gasteiger partial charge in [0.15, 0.2) is 5.82 Å². The molecule has 1 fully saturated rings. The van der Waals surface area contributed by atoms with Gasteiger partial charge in [-0.05, 0) is 32.7 Å². The number of nitrogens with one attached hydrogen (secondary N) is 1. The Kier molecular flexibility index (Phi) is 3.07. The number of aromatic nitrogens is 2. The molecule has 18 heavy (non-hydrogen) atoms. The lowest BCUT2D eigenvalue weighted by Gasteiger charge is -2.31. The van der Waals surface area contributed by atoms with Gasteiger partial charge in [0, 0.05) is 31.9 Å². The number of carbonyl (C=O) groups excluding carboxylic acids is 1. The highest BCUT2D eigenvalue weighted by molar-refractivity contribution is 5.90. The number of aromatic amines is 1. The number of fused-ring (bicyclic) bond motifs is 1. The molecule has 0 radical (unpaired) electrons. The highest BCUT2D eigenvalue weighted by atomic mass is 16.2. The van der Waals surface area contributed by atoms with E-state index in [1.165, 1.54) is 18.5 Å². The number of hydrogen-bond donors (Lipinski definition) is 1. The molecule has 0 aromatic carbocycles. The van der Waals surface area contributed by atoms with E-state index in [0.29, 0.717) is 5.82 Å². The van der Waals surface area contributed by atoms with Gasteiger partial charge in [0.1, 0.15) is 0 Å². The van der Waals surface area contributed by atoms with Crippen molar-refractivity contribution >= 4 is 5.91 Å². The third-order valence-corrected chi connectivity index (χ3v) is 3.95. The minimum Gasteiger partial charge on any atom is -0.337 e. The predicted molar refractivity (Wildman–Crippen MR) is 68.6 cm³/mol. The molecule has 1 aliphatic heterocycles. The summed E-state index contributed by atoms with van der Waals surface area (Å²) in [7, 11) is 2.09. The fourth-order valence-corrected chi connectivity index (χ4v) is 2.71. The maximum atomic E-state index is 12.3.